The number of rotatable bonds is 7. The molecule has 1 N–H and O–H groups in total. The summed E-state index contributed by atoms with van der Waals surface area (Å²) in [6, 6.07) is 9.38. The zero-order valence-corrected chi connectivity index (χ0v) is 17.0. The van der Waals surface area contributed by atoms with Gasteiger partial charge in [0.15, 0.2) is 11.5 Å². The first kappa shape index (κ1) is 20.6. The first-order valence-electron chi connectivity index (χ1n) is 8.44. The van der Waals surface area contributed by atoms with E-state index in [9.17, 15) is 14.9 Å². The van der Waals surface area contributed by atoms with Crippen molar-refractivity contribution < 1.29 is 19.2 Å². The van der Waals surface area contributed by atoms with Gasteiger partial charge < -0.3 is 9.47 Å². The van der Waals surface area contributed by atoms with Crippen molar-refractivity contribution in [3.05, 3.63) is 62.0 Å². The smallest absolute Gasteiger partial charge is 0.281 e. The van der Waals surface area contributed by atoms with Gasteiger partial charge in [-0.1, -0.05) is 11.6 Å². The fourth-order valence-corrected chi connectivity index (χ4v) is 3.83. The predicted octanol–water partition coefficient (Wildman–Crippen LogP) is 4.63. The molecule has 0 bridgehead atoms. The second-order valence-corrected chi connectivity index (χ2v) is 7.25. The largest absolute Gasteiger partial charge is 0.491 e. The van der Waals surface area contributed by atoms with E-state index >= 15 is 0 Å². The molecular weight excluding hydrogens is 418 g/mol. The van der Waals surface area contributed by atoms with Crippen molar-refractivity contribution in [2.45, 2.75) is 6.92 Å². The SMILES string of the molecule is CCOc1cc(C=NNC(=O)c2cc3cc([N+](=O)[O-])ccc3s2)cc(Cl)c1OC. The number of hydrazone groups is 1. The Morgan fingerprint density at radius 1 is 1.34 bits per heavy atom. The molecule has 0 unspecified atom stereocenters. The van der Waals surface area contributed by atoms with Crippen LogP contribution in [0.1, 0.15) is 22.2 Å². The number of carbonyl (C=O) groups is 1. The van der Waals surface area contributed by atoms with Gasteiger partial charge in [0.1, 0.15) is 0 Å². The van der Waals surface area contributed by atoms with Crippen LogP contribution in [0.2, 0.25) is 5.02 Å². The Kier molecular flexibility index (Phi) is 6.30. The van der Waals surface area contributed by atoms with Gasteiger partial charge in [-0.2, -0.15) is 5.10 Å². The molecule has 3 rings (SSSR count). The lowest BCUT2D eigenvalue weighted by atomic mass is 10.2. The number of fused-ring (bicyclic) bond motifs is 1. The Labute approximate surface area is 174 Å². The van der Waals surface area contributed by atoms with Crippen molar-refractivity contribution in [2.75, 3.05) is 13.7 Å². The van der Waals surface area contributed by atoms with Gasteiger partial charge in [0.2, 0.25) is 0 Å². The minimum Gasteiger partial charge on any atom is -0.491 e. The van der Waals surface area contributed by atoms with E-state index in [-0.39, 0.29) is 5.69 Å². The number of nitro groups is 1. The third-order valence-electron chi connectivity index (χ3n) is 3.85. The van der Waals surface area contributed by atoms with E-state index in [0.717, 1.165) is 4.70 Å². The Hall–Kier alpha value is -3.17. The average molecular weight is 434 g/mol. The summed E-state index contributed by atoms with van der Waals surface area (Å²) >= 11 is 7.41. The molecule has 0 spiro atoms. The molecule has 1 heterocycles. The van der Waals surface area contributed by atoms with Gasteiger partial charge in [-0.05, 0) is 36.8 Å². The summed E-state index contributed by atoms with van der Waals surface area (Å²) in [6.07, 6.45) is 1.43. The van der Waals surface area contributed by atoms with Gasteiger partial charge in [-0.15, -0.1) is 11.3 Å². The molecule has 0 aliphatic carbocycles. The van der Waals surface area contributed by atoms with E-state index in [2.05, 4.69) is 10.5 Å². The Morgan fingerprint density at radius 2 is 2.14 bits per heavy atom. The molecule has 2 aromatic carbocycles. The fraction of sp³-hybridized carbons (Fsp3) is 0.158. The van der Waals surface area contributed by atoms with E-state index in [1.54, 1.807) is 24.3 Å². The summed E-state index contributed by atoms with van der Waals surface area (Å²) in [5.41, 5.74) is 3.03. The van der Waals surface area contributed by atoms with Gasteiger partial charge in [-0.3, -0.25) is 14.9 Å². The summed E-state index contributed by atoms with van der Waals surface area (Å²) in [5.74, 6) is 0.477. The number of hydrogen-bond acceptors (Lipinski definition) is 7. The standard InChI is InChI=1S/C19H16ClN3O5S/c1-3-28-15-7-11(6-14(20)18(15)27-2)10-21-22-19(24)17-9-12-8-13(23(25)26)4-5-16(12)29-17/h4-10H,3H2,1-2H3,(H,22,24). The third-order valence-corrected chi connectivity index (χ3v) is 5.25. The molecule has 0 aliphatic heterocycles. The maximum atomic E-state index is 12.3. The first-order valence-corrected chi connectivity index (χ1v) is 9.64. The first-order chi connectivity index (χ1) is 13.9. The van der Waals surface area contributed by atoms with Crippen LogP contribution in [0.5, 0.6) is 11.5 Å². The molecule has 29 heavy (non-hydrogen) atoms. The molecule has 1 amide bonds. The molecule has 3 aromatic rings. The summed E-state index contributed by atoms with van der Waals surface area (Å²) < 4.78 is 11.5. The van der Waals surface area contributed by atoms with Crippen LogP contribution in [-0.2, 0) is 0 Å². The number of carbonyl (C=O) groups excluding carboxylic acids is 1. The van der Waals surface area contributed by atoms with Crippen LogP contribution < -0.4 is 14.9 Å². The third kappa shape index (κ3) is 4.64. The Morgan fingerprint density at radius 3 is 2.83 bits per heavy atom. The minimum absolute atomic E-state index is 0.0261. The zero-order valence-electron chi connectivity index (χ0n) is 15.5. The topological polar surface area (TPSA) is 103 Å². The van der Waals surface area contributed by atoms with Crippen LogP contribution >= 0.6 is 22.9 Å². The quantitative estimate of drug-likeness (QED) is 0.332. The highest BCUT2D eigenvalue weighted by atomic mass is 35.5. The maximum Gasteiger partial charge on any atom is 0.281 e. The fourth-order valence-electron chi connectivity index (χ4n) is 2.60. The lowest BCUT2D eigenvalue weighted by Gasteiger charge is -2.11. The Bertz CT molecular complexity index is 1110. The number of methoxy groups -OCH3 is 1. The predicted molar refractivity (Wildman–Crippen MR) is 113 cm³/mol. The molecule has 0 saturated carbocycles. The molecule has 0 radical (unpaired) electrons. The molecule has 0 atom stereocenters. The minimum atomic E-state index is -0.475. The number of ether oxygens (including phenoxy) is 2. The van der Waals surface area contributed by atoms with E-state index in [1.807, 2.05) is 6.92 Å². The van der Waals surface area contributed by atoms with Gasteiger partial charge in [0.25, 0.3) is 11.6 Å². The van der Waals surface area contributed by atoms with Crippen molar-refractivity contribution in [3.63, 3.8) is 0 Å². The van der Waals surface area contributed by atoms with Gasteiger partial charge in [0.05, 0.1) is 34.8 Å². The average Bonchev–Trinajstić information content (AvgIpc) is 3.11. The molecule has 1 aromatic heterocycles. The Balaban J connectivity index is 1.75. The van der Waals surface area contributed by atoms with E-state index < -0.39 is 10.8 Å². The lowest BCUT2D eigenvalue weighted by molar-refractivity contribution is -0.384. The number of thiophene rings is 1. The van der Waals surface area contributed by atoms with E-state index in [0.29, 0.717) is 39.0 Å². The van der Waals surface area contributed by atoms with Crippen molar-refractivity contribution in [3.8, 4) is 11.5 Å². The molecule has 10 heteroatoms. The van der Waals surface area contributed by atoms with Crippen LogP contribution in [0.4, 0.5) is 5.69 Å². The molecular formula is C19H16ClN3O5S. The summed E-state index contributed by atoms with van der Waals surface area (Å²) in [5, 5.41) is 15.8. The number of nitrogens with zero attached hydrogens (tertiary/aromatic N) is 2. The number of benzene rings is 2. The zero-order chi connectivity index (χ0) is 21.0. The van der Waals surface area contributed by atoms with Gasteiger partial charge >= 0.3 is 0 Å². The second-order valence-electron chi connectivity index (χ2n) is 5.76. The number of non-ortho nitro benzene ring substituents is 1. The normalized spacial score (nSPS) is 11.0. The number of nitro benzene ring substituents is 1. The van der Waals surface area contributed by atoms with Crippen LogP contribution in [0.3, 0.4) is 0 Å². The lowest BCUT2D eigenvalue weighted by Crippen LogP contribution is -2.16. The summed E-state index contributed by atoms with van der Waals surface area (Å²) in [4.78, 5) is 23.1. The monoisotopic (exact) mass is 433 g/mol. The van der Waals surface area contributed by atoms with Crippen molar-refractivity contribution >= 4 is 50.8 Å². The van der Waals surface area contributed by atoms with Gasteiger partial charge in [-0.25, -0.2) is 5.43 Å². The number of hydrogen-bond donors (Lipinski definition) is 1. The van der Waals surface area contributed by atoms with Crippen LogP contribution in [0, 0.1) is 10.1 Å². The molecule has 0 aliphatic rings. The summed E-state index contributed by atoms with van der Waals surface area (Å²) in [7, 11) is 1.50. The number of halogens is 1. The number of nitrogens with one attached hydrogen (secondary N) is 1. The van der Waals surface area contributed by atoms with Crippen molar-refractivity contribution in [2.24, 2.45) is 5.10 Å². The van der Waals surface area contributed by atoms with Crippen LogP contribution in [0.15, 0.2) is 41.5 Å². The van der Waals surface area contributed by atoms with Gasteiger partial charge in [0, 0.05) is 22.2 Å². The highest BCUT2D eigenvalue weighted by Gasteiger charge is 2.13. The molecule has 150 valence electrons. The van der Waals surface area contributed by atoms with Crippen molar-refractivity contribution in [1.29, 1.82) is 0 Å². The van der Waals surface area contributed by atoms with E-state index in [4.69, 9.17) is 21.1 Å². The molecule has 8 nitrogen and oxygen atoms in total. The maximum absolute atomic E-state index is 12.3. The van der Waals surface area contributed by atoms with Crippen LogP contribution in [-0.4, -0.2) is 30.8 Å². The molecule has 0 saturated heterocycles. The van der Waals surface area contributed by atoms with Crippen LogP contribution in [0.25, 0.3) is 10.1 Å². The molecule has 0 fully saturated rings. The second kappa shape index (κ2) is 8.89. The summed E-state index contributed by atoms with van der Waals surface area (Å²) in [6.45, 7) is 2.28. The van der Waals surface area contributed by atoms with E-state index in [1.165, 1.54) is 36.8 Å². The highest BCUT2D eigenvalue weighted by molar-refractivity contribution is 7.20. The van der Waals surface area contributed by atoms with Crippen molar-refractivity contribution in [1.82, 2.24) is 5.43 Å². The highest BCUT2D eigenvalue weighted by Crippen LogP contribution is 2.36. The number of amides is 1.